The Labute approximate surface area is 369 Å². The zero-order valence-corrected chi connectivity index (χ0v) is 34.8. The van der Waals surface area contributed by atoms with E-state index in [0.717, 1.165) is 5.69 Å². The van der Waals surface area contributed by atoms with Gasteiger partial charge in [0.25, 0.3) is 0 Å². The van der Waals surface area contributed by atoms with Crippen LogP contribution in [0.15, 0.2) is 231 Å². The second-order valence-corrected chi connectivity index (χ2v) is 17.2. The van der Waals surface area contributed by atoms with Gasteiger partial charge in [0.1, 0.15) is 0 Å². The Kier molecular flexibility index (Phi) is 7.43. The van der Waals surface area contributed by atoms with E-state index in [1.807, 2.05) is 0 Å². The number of aromatic nitrogens is 2. The van der Waals surface area contributed by atoms with E-state index in [0.29, 0.717) is 0 Å². The molecule has 2 aromatic heterocycles. The standard InChI is InChI=1S/C62H38N2/c1-2-14-41-35-45(32-25-39(41)13-1)64-59-24-12-10-20-51(59)56-37-43(29-34-61(56)64)42-28-33-60-55(36-42)50-19-9-11-23-58(50)63(60)44-30-26-40(27-31-44)54-38-57-48-17-4-3-15-46(48)47-16-5-7-21-52(47)62(57)53-22-8-6-18-49(53)54/h1-38H. The van der Waals surface area contributed by atoms with Gasteiger partial charge >= 0.3 is 0 Å². The van der Waals surface area contributed by atoms with Gasteiger partial charge < -0.3 is 9.13 Å². The van der Waals surface area contributed by atoms with Gasteiger partial charge in [-0.1, -0.05) is 164 Å². The Morgan fingerprint density at radius 3 is 1.27 bits per heavy atom. The highest BCUT2D eigenvalue weighted by Crippen LogP contribution is 2.44. The summed E-state index contributed by atoms with van der Waals surface area (Å²) >= 11 is 0. The van der Waals surface area contributed by atoms with Gasteiger partial charge in [0.05, 0.1) is 22.1 Å². The summed E-state index contributed by atoms with van der Waals surface area (Å²) in [6.07, 6.45) is 0. The second-order valence-electron chi connectivity index (χ2n) is 17.2. The van der Waals surface area contributed by atoms with Gasteiger partial charge in [0.2, 0.25) is 0 Å². The predicted octanol–water partition coefficient (Wildman–Crippen LogP) is 17.0. The van der Waals surface area contributed by atoms with Crippen LogP contribution in [0.5, 0.6) is 0 Å². The van der Waals surface area contributed by atoms with E-state index in [2.05, 4.69) is 240 Å². The molecule has 296 valence electrons. The lowest BCUT2D eigenvalue weighted by atomic mass is 9.87. The summed E-state index contributed by atoms with van der Waals surface area (Å²) in [6.45, 7) is 0. The molecule has 0 aliphatic carbocycles. The van der Waals surface area contributed by atoms with Gasteiger partial charge in [-0.2, -0.15) is 0 Å². The van der Waals surface area contributed by atoms with Crippen molar-refractivity contribution in [3.8, 4) is 33.6 Å². The summed E-state index contributed by atoms with van der Waals surface area (Å²) in [5.74, 6) is 0. The molecule has 14 rings (SSSR count). The molecule has 0 unspecified atom stereocenters. The highest BCUT2D eigenvalue weighted by atomic mass is 15.0. The second kappa shape index (κ2) is 13.5. The molecule has 0 aliphatic heterocycles. The highest BCUT2D eigenvalue weighted by Gasteiger charge is 2.18. The Hall–Kier alpha value is -8.46. The van der Waals surface area contributed by atoms with Crippen LogP contribution < -0.4 is 0 Å². The number of hydrogen-bond acceptors (Lipinski definition) is 0. The Morgan fingerprint density at radius 2 is 0.641 bits per heavy atom. The molecule has 0 fully saturated rings. The highest BCUT2D eigenvalue weighted by molar-refractivity contribution is 6.33. The molecule has 0 bridgehead atoms. The summed E-state index contributed by atoms with van der Waals surface area (Å²) in [4.78, 5) is 0. The molecule has 2 heterocycles. The summed E-state index contributed by atoms with van der Waals surface area (Å²) < 4.78 is 4.84. The maximum atomic E-state index is 2.43. The third-order valence-electron chi connectivity index (χ3n) is 13.9. The van der Waals surface area contributed by atoms with Gasteiger partial charge in [-0.3, -0.25) is 0 Å². The van der Waals surface area contributed by atoms with Crippen molar-refractivity contribution >= 4 is 97.5 Å². The molecule has 2 nitrogen and oxygen atoms in total. The number of fused-ring (bicyclic) bond motifs is 15. The molecule has 0 saturated heterocycles. The van der Waals surface area contributed by atoms with E-state index in [4.69, 9.17) is 0 Å². The fourth-order valence-electron chi connectivity index (χ4n) is 11.0. The number of benzene rings is 12. The van der Waals surface area contributed by atoms with Crippen LogP contribution in [0.2, 0.25) is 0 Å². The van der Waals surface area contributed by atoms with E-state index in [9.17, 15) is 0 Å². The number of nitrogens with zero attached hydrogens (tertiary/aromatic N) is 2. The van der Waals surface area contributed by atoms with Crippen molar-refractivity contribution < 1.29 is 0 Å². The third-order valence-corrected chi connectivity index (χ3v) is 13.9. The molecular weight excluding hydrogens is 773 g/mol. The van der Waals surface area contributed by atoms with Crippen molar-refractivity contribution in [1.82, 2.24) is 9.13 Å². The van der Waals surface area contributed by atoms with Crippen molar-refractivity contribution in [2.75, 3.05) is 0 Å². The Bertz CT molecular complexity index is 4240. The smallest absolute Gasteiger partial charge is 0.0541 e. The normalized spacial score (nSPS) is 12.1. The molecule has 0 saturated carbocycles. The van der Waals surface area contributed by atoms with Crippen LogP contribution in [0.3, 0.4) is 0 Å². The number of para-hydroxylation sites is 2. The molecule has 0 atom stereocenters. The maximum Gasteiger partial charge on any atom is 0.0541 e. The fourth-order valence-corrected chi connectivity index (χ4v) is 11.0. The fraction of sp³-hybridized carbons (Fsp3) is 0. The van der Waals surface area contributed by atoms with E-state index >= 15 is 0 Å². The van der Waals surface area contributed by atoms with Crippen LogP contribution in [0.4, 0.5) is 0 Å². The summed E-state index contributed by atoms with van der Waals surface area (Å²) in [5.41, 5.74) is 12.0. The van der Waals surface area contributed by atoms with Crippen LogP contribution >= 0.6 is 0 Å². The zero-order chi connectivity index (χ0) is 41.9. The predicted molar refractivity (Wildman–Crippen MR) is 274 cm³/mol. The largest absolute Gasteiger partial charge is 0.309 e. The molecule has 0 amide bonds. The van der Waals surface area contributed by atoms with Gasteiger partial charge in [-0.15, -0.1) is 0 Å². The maximum absolute atomic E-state index is 2.43. The Morgan fingerprint density at radius 1 is 0.219 bits per heavy atom. The quantitative estimate of drug-likeness (QED) is 0.157. The van der Waals surface area contributed by atoms with E-state index in [1.54, 1.807) is 0 Å². The summed E-state index contributed by atoms with van der Waals surface area (Å²) in [6, 6.07) is 85.3. The lowest BCUT2D eigenvalue weighted by Gasteiger charge is -2.16. The average molecular weight is 811 g/mol. The first-order valence-electron chi connectivity index (χ1n) is 22.2. The van der Waals surface area contributed by atoms with Crippen LogP contribution in [-0.4, -0.2) is 9.13 Å². The molecular formula is C62H38N2. The molecule has 0 radical (unpaired) electrons. The minimum atomic E-state index is 1.15. The zero-order valence-electron chi connectivity index (χ0n) is 34.8. The van der Waals surface area contributed by atoms with Crippen LogP contribution in [0.1, 0.15) is 0 Å². The van der Waals surface area contributed by atoms with Crippen LogP contribution in [0, 0.1) is 0 Å². The van der Waals surface area contributed by atoms with E-state index < -0.39 is 0 Å². The third kappa shape index (κ3) is 5.08. The first-order chi connectivity index (χ1) is 31.7. The van der Waals surface area contributed by atoms with Crippen molar-refractivity contribution in [3.63, 3.8) is 0 Å². The van der Waals surface area contributed by atoms with Gasteiger partial charge in [0.15, 0.2) is 0 Å². The van der Waals surface area contributed by atoms with Gasteiger partial charge in [-0.05, 0) is 143 Å². The minimum absolute atomic E-state index is 1.15. The molecule has 0 N–H and O–H groups in total. The minimum Gasteiger partial charge on any atom is -0.309 e. The average Bonchev–Trinajstić information content (AvgIpc) is 3.88. The first kappa shape index (κ1) is 35.2. The molecule has 14 aromatic rings. The van der Waals surface area contributed by atoms with E-state index in [-0.39, 0.29) is 0 Å². The lowest BCUT2D eigenvalue weighted by molar-refractivity contribution is 1.18. The molecule has 0 aliphatic rings. The van der Waals surface area contributed by atoms with Crippen molar-refractivity contribution in [1.29, 1.82) is 0 Å². The van der Waals surface area contributed by atoms with Crippen molar-refractivity contribution in [2.45, 2.75) is 0 Å². The van der Waals surface area contributed by atoms with Crippen LogP contribution in [0.25, 0.3) is 131 Å². The summed E-state index contributed by atoms with van der Waals surface area (Å²) in [7, 11) is 0. The summed E-state index contributed by atoms with van der Waals surface area (Å²) in [5, 5.41) is 17.8. The number of rotatable bonds is 4. The lowest BCUT2D eigenvalue weighted by Crippen LogP contribution is -1.94. The topological polar surface area (TPSA) is 9.86 Å². The molecule has 2 heteroatoms. The monoisotopic (exact) mass is 810 g/mol. The number of hydrogen-bond donors (Lipinski definition) is 0. The van der Waals surface area contributed by atoms with Gasteiger partial charge in [0, 0.05) is 32.9 Å². The molecule has 0 spiro atoms. The molecule has 12 aromatic carbocycles. The van der Waals surface area contributed by atoms with Gasteiger partial charge in [-0.25, -0.2) is 0 Å². The SMILES string of the molecule is c1ccc2cc(-n3c4ccccc4c4cc(-c5ccc6c(c5)c5ccccc5n6-c5ccc(-c6cc7c8ccccc8c8ccccc8c7c7ccccc67)cc5)ccc43)ccc2c1. The van der Waals surface area contributed by atoms with Crippen molar-refractivity contribution in [2.24, 2.45) is 0 Å². The van der Waals surface area contributed by atoms with E-state index in [1.165, 1.54) is 125 Å². The van der Waals surface area contributed by atoms with Crippen molar-refractivity contribution in [3.05, 3.63) is 231 Å². The molecule has 64 heavy (non-hydrogen) atoms. The Balaban J connectivity index is 0.897. The van der Waals surface area contributed by atoms with Crippen LogP contribution in [-0.2, 0) is 0 Å². The first-order valence-corrected chi connectivity index (χ1v) is 22.2.